The van der Waals surface area contributed by atoms with Crippen LogP contribution in [-0.4, -0.2) is 15.9 Å². The summed E-state index contributed by atoms with van der Waals surface area (Å²) < 4.78 is 4.66. The minimum Gasteiger partial charge on any atom is -0.419 e. The van der Waals surface area contributed by atoms with Crippen LogP contribution >= 0.6 is 11.6 Å². The van der Waals surface area contributed by atoms with Gasteiger partial charge in [0.05, 0.1) is 11.8 Å². The second kappa shape index (κ2) is 10.1. The number of aromatic nitrogens is 2. The molecule has 0 saturated heterocycles. The summed E-state index contributed by atoms with van der Waals surface area (Å²) in [5.74, 6) is 0. The predicted octanol–water partition coefficient (Wildman–Crippen LogP) is 3.96. The van der Waals surface area contributed by atoms with Crippen LogP contribution in [0, 0.1) is 22.8 Å². The maximum atomic E-state index is 8.75. The molecular formula is C20H17ClN5OOs. The van der Waals surface area contributed by atoms with Gasteiger partial charge in [-0.05, 0) is 37.3 Å². The Balaban J connectivity index is 0.000000194. The minimum absolute atomic E-state index is 0. The number of fused-ring (bicyclic) bond motifs is 1. The fraction of sp³-hybridized carbons (Fsp3) is 0.200. The summed E-state index contributed by atoms with van der Waals surface area (Å²) in [6.45, 7) is 0. The molecule has 1 aliphatic carbocycles. The Morgan fingerprint density at radius 2 is 2.14 bits per heavy atom. The number of anilines is 1. The Kier molecular flexibility index (Phi) is 7.87. The molecule has 0 fully saturated rings. The van der Waals surface area contributed by atoms with Crippen molar-refractivity contribution in [1.29, 1.82) is 10.7 Å². The van der Waals surface area contributed by atoms with E-state index < -0.39 is 0 Å². The van der Waals surface area contributed by atoms with Gasteiger partial charge in [-0.2, -0.15) is 23.5 Å². The van der Waals surface area contributed by atoms with E-state index in [9.17, 15) is 0 Å². The largest absolute Gasteiger partial charge is 1.00 e. The summed E-state index contributed by atoms with van der Waals surface area (Å²) in [5.41, 5.74) is 10.6. The zero-order valence-corrected chi connectivity index (χ0v) is 18.1. The van der Waals surface area contributed by atoms with Crippen LogP contribution in [-0.2, 0) is 32.6 Å². The van der Waals surface area contributed by atoms with E-state index in [4.69, 9.17) is 28.0 Å². The first-order valence-electron chi connectivity index (χ1n) is 8.42. The summed E-state index contributed by atoms with van der Waals surface area (Å²) in [4.78, 5) is 4.23. The molecule has 1 aliphatic rings. The molecule has 0 spiro atoms. The smallest absolute Gasteiger partial charge is 0.419 e. The maximum Gasteiger partial charge on any atom is 1.00 e. The van der Waals surface area contributed by atoms with Crippen molar-refractivity contribution in [3.63, 3.8) is 0 Å². The SMILES string of the molecule is N#Cc1cc2c(nc1Cl)CCCC2.N=C(c1cnoc1)c1c[c-]ccc1N.[Os+]. The first-order valence-corrected chi connectivity index (χ1v) is 8.80. The summed E-state index contributed by atoms with van der Waals surface area (Å²) in [7, 11) is 0. The van der Waals surface area contributed by atoms with Gasteiger partial charge >= 0.3 is 19.8 Å². The molecule has 6 nitrogen and oxygen atoms in total. The van der Waals surface area contributed by atoms with E-state index in [2.05, 4.69) is 26.8 Å². The fourth-order valence-corrected chi connectivity index (χ4v) is 3.03. The molecular weight excluding hydrogens is 552 g/mol. The van der Waals surface area contributed by atoms with Gasteiger partial charge in [0.15, 0.2) is 0 Å². The number of rotatable bonds is 2. The number of halogens is 1. The van der Waals surface area contributed by atoms with Crippen molar-refractivity contribution in [2.45, 2.75) is 25.7 Å². The standard InChI is InChI=1S/C10H9ClN2.C10H8N3O.Os/c11-10-8(6-12)5-7-3-1-2-4-9(7)13-10;11-9-4-2-1-3-8(9)10(12)7-5-13-14-6-7;/h5H,1-4H2;2-6,12H,11H2;/q;-1;+1. The van der Waals surface area contributed by atoms with Crippen LogP contribution in [0.3, 0.4) is 0 Å². The van der Waals surface area contributed by atoms with E-state index in [0.717, 1.165) is 18.5 Å². The molecule has 28 heavy (non-hydrogen) atoms. The van der Waals surface area contributed by atoms with Gasteiger partial charge in [-0.15, -0.1) is 6.07 Å². The summed E-state index contributed by atoms with van der Waals surface area (Å²) in [5, 5.41) is 20.5. The predicted molar refractivity (Wildman–Crippen MR) is 103 cm³/mol. The average molecular weight is 569 g/mol. The van der Waals surface area contributed by atoms with Crippen molar-refractivity contribution in [3.8, 4) is 6.07 Å². The molecule has 0 saturated carbocycles. The van der Waals surface area contributed by atoms with Crippen molar-refractivity contribution in [1.82, 2.24) is 10.1 Å². The number of hydrogen-bond donors (Lipinski definition) is 2. The molecule has 0 amide bonds. The first-order chi connectivity index (χ1) is 13.1. The van der Waals surface area contributed by atoms with Crippen LogP contribution in [0.5, 0.6) is 0 Å². The Morgan fingerprint density at radius 3 is 2.82 bits per heavy atom. The topological polar surface area (TPSA) is 113 Å². The van der Waals surface area contributed by atoms with E-state index in [-0.39, 0.29) is 19.8 Å². The zero-order chi connectivity index (χ0) is 19.2. The van der Waals surface area contributed by atoms with E-state index >= 15 is 0 Å². The van der Waals surface area contributed by atoms with E-state index in [0.29, 0.717) is 33.2 Å². The average Bonchev–Trinajstić information content (AvgIpc) is 3.22. The molecule has 1 radical (unpaired) electrons. The van der Waals surface area contributed by atoms with Crippen LogP contribution in [0.2, 0.25) is 5.15 Å². The molecule has 0 unspecified atom stereocenters. The number of nitrogens with zero attached hydrogens (tertiary/aromatic N) is 3. The van der Waals surface area contributed by atoms with Crippen LogP contribution in [0.25, 0.3) is 0 Å². The number of nitrogens with one attached hydrogen (secondary N) is 1. The molecule has 143 valence electrons. The van der Waals surface area contributed by atoms with Crippen molar-refractivity contribution >= 4 is 23.0 Å². The third-order valence-electron chi connectivity index (χ3n) is 4.26. The third kappa shape index (κ3) is 5.04. The summed E-state index contributed by atoms with van der Waals surface area (Å²) >= 11 is 5.83. The van der Waals surface area contributed by atoms with Gasteiger partial charge in [0.1, 0.15) is 17.5 Å². The Labute approximate surface area is 181 Å². The molecule has 2 aromatic heterocycles. The Bertz CT molecular complexity index is 998. The fourth-order valence-electron chi connectivity index (χ4n) is 2.83. The van der Waals surface area contributed by atoms with Gasteiger partial charge in [0.2, 0.25) is 0 Å². The van der Waals surface area contributed by atoms with Gasteiger partial charge in [-0.25, -0.2) is 4.98 Å². The molecule has 2 heterocycles. The molecule has 0 bridgehead atoms. The number of hydrogen-bond acceptors (Lipinski definition) is 6. The number of benzene rings is 1. The minimum atomic E-state index is 0. The molecule has 0 aliphatic heterocycles. The van der Waals surface area contributed by atoms with Gasteiger partial charge < -0.3 is 15.7 Å². The van der Waals surface area contributed by atoms with Crippen molar-refractivity contribution < 1.29 is 24.3 Å². The molecule has 8 heteroatoms. The maximum absolute atomic E-state index is 8.75. The summed E-state index contributed by atoms with van der Waals surface area (Å²) in [6.07, 6.45) is 7.31. The second-order valence-electron chi connectivity index (χ2n) is 6.05. The number of pyridine rings is 1. The van der Waals surface area contributed by atoms with E-state index in [1.807, 2.05) is 6.07 Å². The second-order valence-corrected chi connectivity index (χ2v) is 6.41. The van der Waals surface area contributed by atoms with Crippen LogP contribution in [0.1, 0.15) is 40.8 Å². The summed E-state index contributed by atoms with van der Waals surface area (Å²) in [6, 6.07) is 11.9. The van der Waals surface area contributed by atoms with Crippen molar-refractivity contribution in [3.05, 3.63) is 75.9 Å². The zero-order valence-electron chi connectivity index (χ0n) is 14.9. The molecule has 1 aromatic carbocycles. The van der Waals surface area contributed by atoms with Gasteiger partial charge in [-0.1, -0.05) is 28.0 Å². The third-order valence-corrected chi connectivity index (χ3v) is 4.55. The van der Waals surface area contributed by atoms with Crippen molar-refractivity contribution in [2.75, 3.05) is 5.73 Å². The van der Waals surface area contributed by atoms with Crippen LogP contribution < -0.4 is 5.73 Å². The number of nitrogen functional groups attached to an aromatic ring is 1. The van der Waals surface area contributed by atoms with Gasteiger partial charge in [0.25, 0.3) is 0 Å². The normalized spacial score (nSPS) is 11.9. The van der Waals surface area contributed by atoms with Gasteiger partial charge in [0, 0.05) is 17.0 Å². The number of nitriles is 1. The molecule has 3 aromatic rings. The molecule has 3 N–H and O–H groups in total. The first kappa shape index (κ1) is 21.8. The number of nitrogens with two attached hydrogens (primary N) is 1. The van der Waals surface area contributed by atoms with E-state index in [1.165, 1.54) is 30.9 Å². The molecule has 0 atom stereocenters. The van der Waals surface area contributed by atoms with Gasteiger partial charge in [-0.3, -0.25) is 0 Å². The quantitative estimate of drug-likeness (QED) is 0.210. The van der Waals surface area contributed by atoms with Crippen molar-refractivity contribution in [2.24, 2.45) is 0 Å². The Morgan fingerprint density at radius 1 is 1.36 bits per heavy atom. The monoisotopic (exact) mass is 570 g/mol. The Hall–Kier alpha value is -2.53. The van der Waals surface area contributed by atoms with Crippen LogP contribution in [0.15, 0.2) is 41.2 Å². The van der Waals surface area contributed by atoms with E-state index in [1.54, 1.807) is 18.2 Å². The number of aryl methyl sites for hydroxylation is 2. The van der Waals surface area contributed by atoms with Crippen LogP contribution in [0.4, 0.5) is 5.69 Å². The molecule has 4 rings (SSSR count).